The maximum absolute atomic E-state index is 12.0. The molecule has 4 nitrogen and oxygen atoms in total. The zero-order valence-corrected chi connectivity index (χ0v) is 14.5. The molecule has 0 bridgehead atoms. The van der Waals surface area contributed by atoms with Crippen LogP contribution in [0, 0.1) is 5.92 Å². The summed E-state index contributed by atoms with van der Waals surface area (Å²) in [4.78, 5) is 12.0. The average Bonchev–Trinajstić information content (AvgIpc) is 2.55. The van der Waals surface area contributed by atoms with Crippen molar-refractivity contribution in [2.45, 2.75) is 50.9 Å². The van der Waals surface area contributed by atoms with E-state index in [1.54, 1.807) is 0 Å². The highest BCUT2D eigenvalue weighted by atomic mass is 79.9. The van der Waals surface area contributed by atoms with E-state index in [2.05, 4.69) is 15.9 Å². The minimum atomic E-state index is -0.525. The van der Waals surface area contributed by atoms with Gasteiger partial charge >= 0.3 is 5.97 Å². The molecular weight excluding hydrogens is 346 g/mol. The third-order valence-electron chi connectivity index (χ3n) is 4.12. The molecule has 2 N–H and O–H groups in total. The number of carbonyl (C=O) groups is 1. The zero-order chi connectivity index (χ0) is 15.9. The van der Waals surface area contributed by atoms with E-state index < -0.39 is 6.04 Å². The molecule has 0 radical (unpaired) electrons. The Morgan fingerprint density at radius 1 is 1.32 bits per heavy atom. The predicted octanol–water partition coefficient (Wildman–Crippen LogP) is 3.28. The van der Waals surface area contributed by atoms with Gasteiger partial charge in [-0.2, -0.15) is 0 Å². The SMILES string of the molecule is CC1OC(=O)C(N)CCCC(CCBr)C1Oc1ccccc1. The van der Waals surface area contributed by atoms with Gasteiger partial charge in [0.05, 0.1) is 0 Å². The first-order valence-corrected chi connectivity index (χ1v) is 8.97. The van der Waals surface area contributed by atoms with Crippen LogP contribution < -0.4 is 10.5 Å². The van der Waals surface area contributed by atoms with Crippen molar-refractivity contribution in [3.63, 3.8) is 0 Å². The quantitative estimate of drug-likeness (QED) is 0.653. The number of alkyl halides is 1. The highest BCUT2D eigenvalue weighted by Crippen LogP contribution is 2.28. The Labute approximate surface area is 140 Å². The topological polar surface area (TPSA) is 61.5 Å². The van der Waals surface area contributed by atoms with Crippen molar-refractivity contribution in [2.75, 3.05) is 5.33 Å². The molecular formula is C17H24BrNO3. The van der Waals surface area contributed by atoms with Crippen molar-refractivity contribution in [3.8, 4) is 5.75 Å². The van der Waals surface area contributed by atoms with Gasteiger partial charge in [0.1, 0.15) is 24.0 Å². The Kier molecular flexibility index (Phi) is 6.70. The molecule has 0 spiro atoms. The summed E-state index contributed by atoms with van der Waals surface area (Å²) in [7, 11) is 0. The molecule has 122 valence electrons. The lowest BCUT2D eigenvalue weighted by molar-refractivity contribution is -0.155. The van der Waals surface area contributed by atoms with E-state index in [1.807, 2.05) is 37.3 Å². The van der Waals surface area contributed by atoms with E-state index >= 15 is 0 Å². The monoisotopic (exact) mass is 369 g/mol. The van der Waals surface area contributed by atoms with Crippen LogP contribution in [0.4, 0.5) is 0 Å². The number of carbonyl (C=O) groups excluding carboxylic acids is 1. The summed E-state index contributed by atoms with van der Waals surface area (Å²) in [6.45, 7) is 1.89. The van der Waals surface area contributed by atoms with Gasteiger partial charge < -0.3 is 15.2 Å². The Morgan fingerprint density at radius 2 is 2.05 bits per heavy atom. The summed E-state index contributed by atoms with van der Waals surface area (Å²) in [5, 5.41) is 0.902. The van der Waals surface area contributed by atoms with Gasteiger partial charge in [-0.15, -0.1) is 0 Å². The average molecular weight is 370 g/mol. The number of rotatable bonds is 4. The number of benzene rings is 1. The smallest absolute Gasteiger partial charge is 0.323 e. The summed E-state index contributed by atoms with van der Waals surface area (Å²) in [5.41, 5.74) is 5.87. The maximum atomic E-state index is 12.0. The van der Waals surface area contributed by atoms with E-state index in [4.69, 9.17) is 15.2 Å². The highest BCUT2D eigenvalue weighted by molar-refractivity contribution is 9.09. The van der Waals surface area contributed by atoms with Crippen LogP contribution in [0.3, 0.4) is 0 Å². The lowest BCUT2D eigenvalue weighted by atomic mass is 9.90. The molecule has 1 fully saturated rings. The number of hydrogen-bond acceptors (Lipinski definition) is 4. The van der Waals surface area contributed by atoms with Crippen LogP contribution in [0.15, 0.2) is 30.3 Å². The number of esters is 1. The fourth-order valence-corrected chi connectivity index (χ4v) is 3.49. The molecule has 0 amide bonds. The molecule has 0 aromatic heterocycles. The molecule has 1 heterocycles. The molecule has 1 aromatic carbocycles. The number of halogens is 1. The Balaban J connectivity index is 2.18. The molecule has 5 heteroatoms. The molecule has 1 aliphatic rings. The largest absolute Gasteiger partial charge is 0.486 e. The molecule has 0 saturated carbocycles. The van der Waals surface area contributed by atoms with Crippen LogP contribution in [0.25, 0.3) is 0 Å². The van der Waals surface area contributed by atoms with E-state index in [9.17, 15) is 4.79 Å². The minimum Gasteiger partial charge on any atom is -0.486 e. The summed E-state index contributed by atoms with van der Waals surface area (Å²) >= 11 is 3.52. The molecule has 1 aromatic rings. The summed E-state index contributed by atoms with van der Waals surface area (Å²) < 4.78 is 11.7. The Bertz CT molecular complexity index is 468. The fourth-order valence-electron chi connectivity index (χ4n) is 2.90. The van der Waals surface area contributed by atoms with Crippen molar-refractivity contribution in [1.29, 1.82) is 0 Å². The first-order chi connectivity index (χ1) is 10.6. The van der Waals surface area contributed by atoms with Crippen molar-refractivity contribution in [2.24, 2.45) is 11.7 Å². The number of para-hydroxylation sites is 1. The van der Waals surface area contributed by atoms with Gasteiger partial charge in [0.15, 0.2) is 0 Å². The van der Waals surface area contributed by atoms with E-state index in [0.717, 1.165) is 30.3 Å². The molecule has 0 aliphatic carbocycles. The van der Waals surface area contributed by atoms with Gasteiger partial charge in [0.25, 0.3) is 0 Å². The van der Waals surface area contributed by atoms with E-state index in [1.165, 1.54) is 0 Å². The van der Waals surface area contributed by atoms with Crippen molar-refractivity contribution < 1.29 is 14.3 Å². The maximum Gasteiger partial charge on any atom is 0.323 e. The number of nitrogens with two attached hydrogens (primary N) is 1. The zero-order valence-electron chi connectivity index (χ0n) is 12.9. The summed E-state index contributed by atoms with van der Waals surface area (Å²) in [6.07, 6.45) is 3.07. The lowest BCUT2D eigenvalue weighted by Gasteiger charge is -2.31. The summed E-state index contributed by atoms with van der Waals surface area (Å²) in [6, 6.07) is 9.17. The van der Waals surface area contributed by atoms with E-state index in [0.29, 0.717) is 12.3 Å². The van der Waals surface area contributed by atoms with Gasteiger partial charge in [-0.05, 0) is 38.3 Å². The van der Waals surface area contributed by atoms with Crippen LogP contribution in [0.1, 0.15) is 32.6 Å². The third kappa shape index (κ3) is 4.71. The molecule has 4 unspecified atom stereocenters. The van der Waals surface area contributed by atoms with Gasteiger partial charge in [-0.25, -0.2) is 0 Å². The van der Waals surface area contributed by atoms with E-state index in [-0.39, 0.29) is 18.2 Å². The predicted molar refractivity (Wildman–Crippen MR) is 90.1 cm³/mol. The normalized spacial score (nSPS) is 29.9. The van der Waals surface area contributed by atoms with Crippen LogP contribution in [0.5, 0.6) is 5.75 Å². The molecule has 1 aliphatic heterocycles. The third-order valence-corrected chi connectivity index (χ3v) is 4.58. The van der Waals surface area contributed by atoms with Crippen LogP contribution >= 0.6 is 15.9 Å². The fraction of sp³-hybridized carbons (Fsp3) is 0.588. The second-order valence-electron chi connectivity index (χ2n) is 5.81. The van der Waals surface area contributed by atoms with Crippen LogP contribution in [0.2, 0.25) is 0 Å². The number of hydrogen-bond donors (Lipinski definition) is 1. The van der Waals surface area contributed by atoms with Gasteiger partial charge in [-0.3, -0.25) is 4.79 Å². The van der Waals surface area contributed by atoms with Crippen molar-refractivity contribution in [1.82, 2.24) is 0 Å². The number of ether oxygens (including phenoxy) is 2. The lowest BCUT2D eigenvalue weighted by Crippen LogP contribution is -2.41. The highest BCUT2D eigenvalue weighted by Gasteiger charge is 2.33. The molecule has 22 heavy (non-hydrogen) atoms. The van der Waals surface area contributed by atoms with Crippen molar-refractivity contribution >= 4 is 21.9 Å². The second-order valence-corrected chi connectivity index (χ2v) is 6.61. The Morgan fingerprint density at radius 3 is 2.73 bits per heavy atom. The van der Waals surface area contributed by atoms with Crippen molar-refractivity contribution in [3.05, 3.63) is 30.3 Å². The van der Waals surface area contributed by atoms with Crippen LogP contribution in [-0.2, 0) is 9.53 Å². The van der Waals surface area contributed by atoms with Gasteiger partial charge in [0.2, 0.25) is 0 Å². The van der Waals surface area contributed by atoms with Crippen LogP contribution in [-0.4, -0.2) is 29.5 Å². The summed E-state index contributed by atoms with van der Waals surface area (Å²) in [5.74, 6) is 0.805. The molecule has 2 rings (SSSR count). The first-order valence-electron chi connectivity index (χ1n) is 7.85. The molecule has 4 atom stereocenters. The first kappa shape index (κ1) is 17.3. The Hall–Kier alpha value is -1.07. The second kappa shape index (κ2) is 8.53. The minimum absolute atomic E-state index is 0.158. The van der Waals surface area contributed by atoms with Gasteiger partial charge in [-0.1, -0.05) is 40.5 Å². The van der Waals surface area contributed by atoms with Gasteiger partial charge in [0, 0.05) is 11.2 Å². The standard InChI is InChI=1S/C17H24BrNO3/c1-12-16(22-14-7-3-2-4-8-14)13(10-11-18)6-5-9-15(19)17(20)21-12/h2-4,7-8,12-13,15-16H,5-6,9-11,19H2,1H3. The number of cyclic esters (lactones) is 1. The molecule has 1 saturated heterocycles.